The molecule has 3 aromatic rings. The van der Waals surface area contributed by atoms with Crippen molar-refractivity contribution < 1.29 is 31.1 Å². The van der Waals surface area contributed by atoms with Gasteiger partial charge in [0.2, 0.25) is 0 Å². The average Bonchev–Trinajstić information content (AvgIpc) is 3.15. The number of alkyl halides is 3. The molecule has 0 saturated heterocycles. The fourth-order valence-electron chi connectivity index (χ4n) is 2.53. The third kappa shape index (κ3) is 5.90. The van der Waals surface area contributed by atoms with Crippen molar-refractivity contribution in [3.05, 3.63) is 70.0 Å². The van der Waals surface area contributed by atoms with Gasteiger partial charge in [-0.2, -0.15) is 13.2 Å². The minimum absolute atomic E-state index is 0.0448. The molecule has 0 fully saturated rings. The van der Waals surface area contributed by atoms with Crippen LogP contribution in [0, 0.1) is 0 Å². The molecule has 1 aromatic heterocycles. The number of carbonyl (C=O) groups is 1. The highest BCUT2D eigenvalue weighted by molar-refractivity contribution is 7.90. The van der Waals surface area contributed by atoms with E-state index in [1.54, 1.807) is 10.8 Å². The molecule has 2 aromatic carbocycles. The first-order valence-corrected chi connectivity index (χ1v) is 10.9. The van der Waals surface area contributed by atoms with Crippen LogP contribution in [-0.4, -0.2) is 29.3 Å². The molecule has 32 heavy (non-hydrogen) atoms. The summed E-state index contributed by atoms with van der Waals surface area (Å²) in [6.45, 7) is -0.649. The Bertz CT molecular complexity index is 1250. The van der Waals surface area contributed by atoms with E-state index in [2.05, 4.69) is 10.3 Å². The Morgan fingerprint density at radius 3 is 2.53 bits per heavy atom. The highest BCUT2D eigenvalue weighted by atomic mass is 35.5. The number of amides is 1. The van der Waals surface area contributed by atoms with Crippen LogP contribution < -0.4 is 9.46 Å². The van der Waals surface area contributed by atoms with Gasteiger partial charge in [-0.05, 0) is 24.3 Å². The van der Waals surface area contributed by atoms with E-state index in [1.165, 1.54) is 18.3 Å². The van der Waals surface area contributed by atoms with Crippen LogP contribution in [0.3, 0.4) is 0 Å². The predicted molar refractivity (Wildman–Crippen MR) is 108 cm³/mol. The van der Waals surface area contributed by atoms with E-state index >= 15 is 0 Å². The lowest BCUT2D eigenvalue weighted by Gasteiger charge is -2.13. The van der Waals surface area contributed by atoms with E-state index in [0.29, 0.717) is 22.5 Å². The molecule has 0 atom stereocenters. The Morgan fingerprint density at radius 1 is 1.12 bits per heavy atom. The Morgan fingerprint density at radius 2 is 1.84 bits per heavy atom. The number of aromatic nitrogens is 3. The number of nitrogens with one attached hydrogen (secondary N) is 1. The van der Waals surface area contributed by atoms with Gasteiger partial charge in [-0.25, -0.2) is 17.8 Å². The van der Waals surface area contributed by atoms with Gasteiger partial charge >= 0.3 is 6.18 Å². The van der Waals surface area contributed by atoms with E-state index in [0.717, 1.165) is 22.9 Å². The second kappa shape index (κ2) is 9.35. The Kier molecular flexibility index (Phi) is 6.96. The number of carbonyl (C=O) groups excluding carboxylic acids is 1. The maximum absolute atomic E-state index is 13.1. The number of sulfonamides is 1. The van der Waals surface area contributed by atoms with Gasteiger partial charge in [-0.1, -0.05) is 40.5 Å². The van der Waals surface area contributed by atoms with Gasteiger partial charge in [0.1, 0.15) is 24.6 Å². The van der Waals surface area contributed by atoms with Crippen LogP contribution in [0.2, 0.25) is 10.0 Å². The molecule has 0 radical (unpaired) electrons. The maximum Gasteiger partial charge on any atom is 0.417 e. The summed E-state index contributed by atoms with van der Waals surface area (Å²) in [6.07, 6.45) is -3.60. The van der Waals surface area contributed by atoms with Gasteiger partial charge in [0.25, 0.3) is 15.9 Å². The number of hydrogen-bond donors (Lipinski definition) is 1. The second-order valence-corrected chi connectivity index (χ2v) is 8.76. The third-order valence-corrected chi connectivity index (χ3v) is 6.07. The molecule has 14 heteroatoms. The molecule has 1 heterocycles. The number of rotatable bonds is 7. The Hall–Kier alpha value is -2.83. The summed E-state index contributed by atoms with van der Waals surface area (Å²) in [5.74, 6) is -0.704. The topological polar surface area (TPSA) is 103 Å². The fourth-order valence-corrected chi connectivity index (χ4v) is 4.02. The van der Waals surface area contributed by atoms with Crippen molar-refractivity contribution in [3.8, 4) is 5.75 Å². The number of nitrogens with zero attached hydrogens (tertiary/aromatic N) is 3. The minimum Gasteiger partial charge on any atom is -0.487 e. The van der Waals surface area contributed by atoms with Crippen LogP contribution in [0.25, 0.3) is 0 Å². The van der Waals surface area contributed by atoms with Crippen molar-refractivity contribution in [3.63, 3.8) is 0 Å². The summed E-state index contributed by atoms with van der Waals surface area (Å²) in [6, 6.07) is 8.13. The lowest BCUT2D eigenvalue weighted by atomic mass is 10.2. The van der Waals surface area contributed by atoms with Crippen molar-refractivity contribution in [1.82, 2.24) is 19.7 Å². The Labute approximate surface area is 189 Å². The number of ether oxygens (including phenoxy) is 1. The van der Waals surface area contributed by atoms with Crippen molar-refractivity contribution in [1.29, 1.82) is 0 Å². The number of benzene rings is 2. The molecule has 170 valence electrons. The van der Waals surface area contributed by atoms with Gasteiger partial charge in [0, 0.05) is 6.07 Å². The van der Waals surface area contributed by atoms with Gasteiger partial charge in [0.05, 0.1) is 26.7 Å². The summed E-state index contributed by atoms with van der Waals surface area (Å²) in [7, 11) is -4.77. The zero-order valence-corrected chi connectivity index (χ0v) is 18.1. The molecule has 0 aliphatic rings. The van der Waals surface area contributed by atoms with Crippen molar-refractivity contribution in [2.45, 2.75) is 24.2 Å². The highest BCUT2D eigenvalue weighted by Crippen LogP contribution is 2.33. The first kappa shape index (κ1) is 23.8. The first-order valence-electron chi connectivity index (χ1n) is 8.64. The third-order valence-electron chi connectivity index (χ3n) is 3.90. The largest absolute Gasteiger partial charge is 0.487 e. The van der Waals surface area contributed by atoms with Gasteiger partial charge in [0.15, 0.2) is 0 Å². The maximum atomic E-state index is 13.1. The summed E-state index contributed by atoms with van der Waals surface area (Å²) in [5, 5.41) is 8.08. The fraction of sp³-hybridized carbons (Fsp3) is 0.167. The average molecular weight is 509 g/mol. The molecule has 8 nitrogen and oxygen atoms in total. The SMILES string of the molecule is O=C(Cn1cc(COc2ccc(Cl)c(Cl)c2)nn1)NS(=O)(=O)c1ccccc1C(F)(F)F. The van der Waals surface area contributed by atoms with Gasteiger partial charge in [-0.15, -0.1) is 5.10 Å². The van der Waals surface area contributed by atoms with Crippen molar-refractivity contribution >= 4 is 39.1 Å². The molecule has 0 saturated carbocycles. The Balaban J connectivity index is 1.63. The molecule has 1 N–H and O–H groups in total. The van der Waals surface area contributed by atoms with Crippen LogP contribution in [0.5, 0.6) is 5.75 Å². The minimum atomic E-state index is -4.91. The van der Waals surface area contributed by atoms with E-state index in [4.69, 9.17) is 27.9 Å². The van der Waals surface area contributed by atoms with Gasteiger partial charge in [-0.3, -0.25) is 4.79 Å². The zero-order valence-electron chi connectivity index (χ0n) is 15.8. The van der Waals surface area contributed by atoms with Crippen molar-refractivity contribution in [2.75, 3.05) is 0 Å². The van der Waals surface area contributed by atoms with Crippen LogP contribution in [0.15, 0.2) is 53.6 Å². The standard InChI is InChI=1S/C18H13Cl2F3N4O4S/c19-14-6-5-12(7-15(14)20)31-10-11-8-27(26-24-11)9-17(28)25-32(29,30)16-4-2-1-3-13(16)18(21,22)23/h1-8H,9-10H2,(H,25,28). The van der Waals surface area contributed by atoms with Crippen LogP contribution in [-0.2, 0) is 34.1 Å². The second-order valence-electron chi connectivity index (χ2n) is 6.29. The molecule has 0 aliphatic carbocycles. The summed E-state index contributed by atoms with van der Waals surface area (Å²) in [5.41, 5.74) is -1.09. The number of halogens is 5. The van der Waals surface area contributed by atoms with Crippen LogP contribution in [0.4, 0.5) is 13.2 Å². The summed E-state index contributed by atoms with van der Waals surface area (Å²) < 4.78 is 71.9. The van der Waals surface area contributed by atoms with Crippen molar-refractivity contribution in [2.24, 2.45) is 0 Å². The monoisotopic (exact) mass is 508 g/mol. The normalized spacial score (nSPS) is 11.9. The highest BCUT2D eigenvalue weighted by Gasteiger charge is 2.37. The zero-order chi connectivity index (χ0) is 23.5. The van der Waals surface area contributed by atoms with Crippen LogP contribution in [0.1, 0.15) is 11.3 Å². The lowest BCUT2D eigenvalue weighted by molar-refractivity contribution is -0.140. The molecular formula is C18H13Cl2F3N4O4S. The molecule has 0 aliphatic heterocycles. The molecule has 0 unspecified atom stereocenters. The van der Waals surface area contributed by atoms with E-state index in [9.17, 15) is 26.4 Å². The number of hydrogen-bond acceptors (Lipinski definition) is 6. The van der Waals surface area contributed by atoms with Gasteiger partial charge < -0.3 is 4.74 Å². The molecule has 1 amide bonds. The lowest BCUT2D eigenvalue weighted by Crippen LogP contribution is -2.34. The van der Waals surface area contributed by atoms with E-state index < -0.39 is 39.1 Å². The summed E-state index contributed by atoms with van der Waals surface area (Å²) in [4.78, 5) is 11.0. The smallest absolute Gasteiger partial charge is 0.417 e. The molecule has 0 bridgehead atoms. The molecule has 3 rings (SSSR count). The quantitative estimate of drug-likeness (QED) is 0.522. The molecular weight excluding hydrogens is 496 g/mol. The van der Waals surface area contributed by atoms with E-state index in [-0.39, 0.29) is 11.6 Å². The predicted octanol–water partition coefficient (Wildman–Crippen LogP) is 3.69. The first-order chi connectivity index (χ1) is 15.0. The summed E-state index contributed by atoms with van der Waals surface area (Å²) >= 11 is 11.7. The van der Waals surface area contributed by atoms with E-state index in [1.807, 2.05) is 0 Å². The van der Waals surface area contributed by atoms with Crippen LogP contribution >= 0.6 is 23.2 Å². The molecule has 0 spiro atoms.